The first-order valence-electron chi connectivity index (χ1n) is 10.9. The molecule has 3 rings (SSSR count). The molecular weight excluding hydrogens is 545 g/mol. The Bertz CT molecular complexity index is 1450. The number of ether oxygens (including phenoxy) is 2. The summed E-state index contributed by atoms with van der Waals surface area (Å²) in [5, 5.41) is 16.5. The van der Waals surface area contributed by atoms with Crippen LogP contribution in [-0.2, 0) is 22.4 Å². The van der Waals surface area contributed by atoms with Crippen LogP contribution in [0.25, 0.3) is 0 Å². The molecule has 0 radical (unpaired) electrons. The first-order valence-corrected chi connectivity index (χ1v) is 11.3. The van der Waals surface area contributed by atoms with E-state index in [4.69, 9.17) is 21.1 Å². The number of aryl methyl sites for hydroxylation is 1. The summed E-state index contributed by atoms with van der Waals surface area (Å²) in [6, 6.07) is 11.5. The highest BCUT2D eigenvalue weighted by Gasteiger charge is 2.31. The Labute approximate surface area is 224 Å². The zero-order valence-electron chi connectivity index (χ0n) is 20.3. The smallest absolute Gasteiger partial charge is 0.416 e. The Morgan fingerprint density at radius 3 is 2.49 bits per heavy atom. The van der Waals surface area contributed by atoms with Crippen LogP contribution in [0.3, 0.4) is 0 Å². The fraction of sp³-hybridized carbons (Fsp3) is 0.160. The zero-order valence-corrected chi connectivity index (χ0v) is 21.1. The van der Waals surface area contributed by atoms with Crippen molar-refractivity contribution in [2.45, 2.75) is 19.7 Å². The zero-order chi connectivity index (χ0) is 28.7. The van der Waals surface area contributed by atoms with Gasteiger partial charge < -0.3 is 14.8 Å². The number of halogens is 4. The van der Waals surface area contributed by atoms with E-state index in [1.54, 1.807) is 25.1 Å². The second-order valence-electron chi connectivity index (χ2n) is 7.91. The van der Waals surface area contributed by atoms with Gasteiger partial charge in [-0.05, 0) is 61.0 Å². The minimum Gasteiger partial charge on any atom is -0.496 e. The quantitative estimate of drug-likeness (QED) is 0.166. The normalized spacial score (nSPS) is 11.2. The number of alkyl halides is 3. The van der Waals surface area contributed by atoms with Crippen LogP contribution in [0.5, 0.6) is 11.5 Å². The predicted molar refractivity (Wildman–Crippen MR) is 136 cm³/mol. The number of hydrazone groups is 1. The molecule has 0 bridgehead atoms. The van der Waals surface area contributed by atoms with E-state index in [2.05, 4.69) is 5.10 Å². The van der Waals surface area contributed by atoms with E-state index in [-0.39, 0.29) is 17.3 Å². The Balaban J connectivity index is 1.64. The van der Waals surface area contributed by atoms with Gasteiger partial charge in [-0.3, -0.25) is 19.7 Å². The largest absolute Gasteiger partial charge is 0.496 e. The van der Waals surface area contributed by atoms with E-state index < -0.39 is 34.2 Å². The minimum absolute atomic E-state index is 0.0354. The lowest BCUT2D eigenvalue weighted by molar-refractivity contribution is -0.385. The third-order valence-electron chi connectivity index (χ3n) is 5.19. The number of nitro benzene ring substituents is 1. The number of carbonyl (C=O) groups excluding carboxylic acids is 2. The van der Waals surface area contributed by atoms with Crippen molar-refractivity contribution in [3.05, 3.63) is 92.0 Å². The van der Waals surface area contributed by atoms with Gasteiger partial charge in [-0.25, -0.2) is 5.43 Å². The average Bonchev–Trinajstić information content (AvgIpc) is 2.87. The maximum absolute atomic E-state index is 12.9. The molecule has 0 fully saturated rings. The number of nitrogens with one attached hydrogen (secondary N) is 2. The molecular formula is C25H20ClF3N4O6. The van der Waals surface area contributed by atoms with Gasteiger partial charge in [-0.1, -0.05) is 11.6 Å². The van der Waals surface area contributed by atoms with Crippen molar-refractivity contribution in [2.24, 2.45) is 5.10 Å². The number of benzene rings is 3. The highest BCUT2D eigenvalue weighted by atomic mass is 35.5. The van der Waals surface area contributed by atoms with Crippen LogP contribution < -0.4 is 20.2 Å². The molecule has 3 aromatic carbocycles. The summed E-state index contributed by atoms with van der Waals surface area (Å²) >= 11 is 5.82. The van der Waals surface area contributed by atoms with Gasteiger partial charge in [0.05, 0.1) is 34.5 Å². The summed E-state index contributed by atoms with van der Waals surface area (Å²) in [6.07, 6.45) is -3.44. The van der Waals surface area contributed by atoms with Crippen LogP contribution in [0.4, 0.5) is 24.5 Å². The third kappa shape index (κ3) is 7.68. The van der Waals surface area contributed by atoms with Gasteiger partial charge in [0.2, 0.25) is 0 Å². The molecule has 0 aliphatic rings. The van der Waals surface area contributed by atoms with Crippen LogP contribution >= 0.6 is 11.6 Å². The number of amides is 2. The number of methoxy groups -OCH3 is 1. The van der Waals surface area contributed by atoms with Crippen LogP contribution in [0.1, 0.15) is 22.3 Å². The van der Waals surface area contributed by atoms with Crippen molar-refractivity contribution in [2.75, 3.05) is 12.4 Å². The summed E-state index contributed by atoms with van der Waals surface area (Å²) < 4.78 is 49.7. The van der Waals surface area contributed by atoms with Crippen molar-refractivity contribution in [3.8, 4) is 11.5 Å². The van der Waals surface area contributed by atoms with Gasteiger partial charge in [-0.15, -0.1) is 0 Å². The van der Waals surface area contributed by atoms with Gasteiger partial charge in [0, 0.05) is 17.2 Å². The minimum atomic E-state index is -4.67. The van der Waals surface area contributed by atoms with E-state index in [9.17, 15) is 32.9 Å². The number of carbonyl (C=O) groups is 2. The van der Waals surface area contributed by atoms with Gasteiger partial charge in [-0.2, -0.15) is 18.3 Å². The van der Waals surface area contributed by atoms with Crippen molar-refractivity contribution in [1.29, 1.82) is 0 Å². The third-order valence-corrected chi connectivity index (χ3v) is 5.52. The first kappa shape index (κ1) is 28.9. The number of rotatable bonds is 8. The van der Waals surface area contributed by atoms with E-state index in [0.29, 0.717) is 34.3 Å². The van der Waals surface area contributed by atoms with Crippen molar-refractivity contribution >= 4 is 41.0 Å². The molecule has 0 spiro atoms. The van der Waals surface area contributed by atoms with Crippen LogP contribution in [0.2, 0.25) is 5.02 Å². The van der Waals surface area contributed by atoms with E-state index >= 15 is 0 Å². The molecule has 0 saturated carbocycles. The number of nitrogens with zero attached hydrogens (tertiary/aromatic N) is 2. The van der Waals surface area contributed by atoms with E-state index in [1.165, 1.54) is 31.5 Å². The molecule has 0 aliphatic carbocycles. The molecule has 204 valence electrons. The lowest BCUT2D eigenvalue weighted by Gasteiger charge is -2.12. The summed E-state index contributed by atoms with van der Waals surface area (Å²) in [5.41, 5.74) is 2.00. The van der Waals surface area contributed by atoms with Gasteiger partial charge in [0.15, 0.2) is 0 Å². The Kier molecular flexibility index (Phi) is 9.09. The maximum Gasteiger partial charge on any atom is 0.416 e. The number of hydrogen-bond acceptors (Lipinski definition) is 7. The second-order valence-corrected chi connectivity index (χ2v) is 8.32. The van der Waals surface area contributed by atoms with Crippen molar-refractivity contribution in [3.63, 3.8) is 0 Å². The van der Waals surface area contributed by atoms with Crippen LogP contribution in [0.15, 0.2) is 59.7 Å². The summed E-state index contributed by atoms with van der Waals surface area (Å²) in [6.45, 7) is 1.63. The number of anilines is 1. The molecule has 39 heavy (non-hydrogen) atoms. The molecule has 0 aromatic heterocycles. The molecule has 14 heteroatoms. The monoisotopic (exact) mass is 564 g/mol. The fourth-order valence-corrected chi connectivity index (χ4v) is 3.43. The molecule has 2 amide bonds. The van der Waals surface area contributed by atoms with Gasteiger partial charge in [0.25, 0.3) is 5.69 Å². The first-order chi connectivity index (χ1) is 18.4. The number of hydrogen-bond donors (Lipinski definition) is 2. The lowest BCUT2D eigenvalue weighted by atomic mass is 10.1. The summed E-state index contributed by atoms with van der Waals surface area (Å²) in [4.78, 5) is 34.7. The lowest BCUT2D eigenvalue weighted by Crippen LogP contribution is -2.32. The fourth-order valence-electron chi connectivity index (χ4n) is 3.27. The maximum atomic E-state index is 12.9. The topological polar surface area (TPSA) is 132 Å². The molecule has 0 atom stereocenters. The summed E-state index contributed by atoms with van der Waals surface area (Å²) in [7, 11) is 1.46. The van der Waals surface area contributed by atoms with Gasteiger partial charge >= 0.3 is 18.0 Å². The molecule has 0 heterocycles. The van der Waals surface area contributed by atoms with E-state index in [0.717, 1.165) is 12.1 Å². The molecule has 0 unspecified atom stereocenters. The Morgan fingerprint density at radius 1 is 1.10 bits per heavy atom. The highest BCUT2D eigenvalue weighted by Crippen LogP contribution is 2.33. The van der Waals surface area contributed by atoms with Gasteiger partial charge in [0.1, 0.15) is 18.1 Å². The van der Waals surface area contributed by atoms with Crippen LogP contribution in [-0.4, -0.2) is 30.1 Å². The molecule has 2 N–H and O–H groups in total. The Morgan fingerprint density at radius 2 is 1.85 bits per heavy atom. The summed E-state index contributed by atoms with van der Waals surface area (Å²) in [5.74, 6) is -1.65. The average molecular weight is 565 g/mol. The molecule has 0 aliphatic heterocycles. The van der Waals surface area contributed by atoms with Crippen molar-refractivity contribution < 1.29 is 37.2 Å². The Hall–Kier alpha value is -4.65. The second kappa shape index (κ2) is 12.3. The van der Waals surface area contributed by atoms with Crippen molar-refractivity contribution in [1.82, 2.24) is 5.43 Å². The SMILES string of the molecule is COc1ccc(/C=N/NC(=O)C(=O)Nc2cc(C(F)(F)F)ccc2Cl)cc1COc1ccc([N+](=O)[O-])c(C)c1. The molecule has 0 saturated heterocycles. The highest BCUT2D eigenvalue weighted by molar-refractivity contribution is 6.41. The number of nitro groups is 1. The van der Waals surface area contributed by atoms with Crippen LogP contribution in [0, 0.1) is 17.0 Å². The van der Waals surface area contributed by atoms with E-state index in [1.807, 2.05) is 10.7 Å². The molecule has 3 aromatic rings. The predicted octanol–water partition coefficient (Wildman–Crippen LogP) is 5.25. The standard InChI is InChI=1S/C25H20ClF3N4O6/c1-14-9-18(5-7-21(14)33(36)37)39-13-16-10-15(3-8-22(16)38-2)12-30-32-24(35)23(34)31-20-11-17(25(27,28)29)4-6-19(20)26/h3-12H,13H2,1-2H3,(H,31,34)(H,32,35)/b30-12+. The molecule has 10 nitrogen and oxygen atoms in total.